The van der Waals surface area contributed by atoms with E-state index < -0.39 is 11.6 Å². The minimum absolute atomic E-state index is 0.146. The number of nitrogens with zero attached hydrogens (tertiary/aromatic N) is 5. The third-order valence-electron chi connectivity index (χ3n) is 5.61. The number of aromatic nitrogens is 4. The van der Waals surface area contributed by atoms with E-state index in [1.165, 1.54) is 12.1 Å². The van der Waals surface area contributed by atoms with Crippen LogP contribution in [0.25, 0.3) is 17.0 Å². The molecule has 0 saturated carbocycles. The van der Waals surface area contributed by atoms with E-state index in [0.29, 0.717) is 60.4 Å². The molecule has 0 aliphatic carbocycles. The maximum absolute atomic E-state index is 14.1. The third kappa shape index (κ3) is 3.64. The van der Waals surface area contributed by atoms with E-state index in [1.807, 2.05) is 28.8 Å². The molecule has 9 heteroatoms. The highest BCUT2D eigenvalue weighted by Crippen LogP contribution is 2.24. The number of aryl methyl sites for hydroxylation is 1. The lowest BCUT2D eigenvalue weighted by Gasteiger charge is -2.26. The van der Waals surface area contributed by atoms with Crippen LogP contribution in [0.5, 0.6) is 0 Å². The highest BCUT2D eigenvalue weighted by Gasteiger charge is 2.25. The van der Waals surface area contributed by atoms with Crippen LogP contribution in [-0.2, 0) is 11.3 Å². The van der Waals surface area contributed by atoms with E-state index in [0.717, 1.165) is 6.07 Å². The van der Waals surface area contributed by atoms with E-state index in [4.69, 9.17) is 4.74 Å². The van der Waals surface area contributed by atoms with Crippen LogP contribution >= 0.6 is 0 Å². The van der Waals surface area contributed by atoms with Gasteiger partial charge in [0.15, 0.2) is 11.5 Å². The summed E-state index contributed by atoms with van der Waals surface area (Å²) in [5.74, 6) is -0.191. The second-order valence-electron chi connectivity index (χ2n) is 7.68. The summed E-state index contributed by atoms with van der Waals surface area (Å²) in [6.45, 7) is 4.07. The quantitative estimate of drug-likeness (QED) is 0.492. The summed E-state index contributed by atoms with van der Waals surface area (Å²) in [4.78, 5) is 24.1. The molecule has 4 aromatic rings. The smallest absolute Gasteiger partial charge is 0.274 e. The number of rotatable bonds is 4. The fraction of sp³-hybridized carbons (Fsp3) is 0.261. The van der Waals surface area contributed by atoms with Crippen molar-refractivity contribution in [2.75, 3.05) is 26.3 Å². The molecule has 0 N–H and O–H groups in total. The number of ether oxygens (including phenoxy) is 1. The summed E-state index contributed by atoms with van der Waals surface area (Å²) in [6.07, 6.45) is 3.60. The number of hydrogen-bond donors (Lipinski definition) is 0. The van der Waals surface area contributed by atoms with Crippen molar-refractivity contribution in [1.29, 1.82) is 0 Å². The molecule has 4 heterocycles. The molecule has 1 aromatic carbocycles. The molecule has 5 rings (SSSR count). The van der Waals surface area contributed by atoms with Crippen molar-refractivity contribution in [1.82, 2.24) is 23.8 Å². The van der Waals surface area contributed by atoms with Crippen LogP contribution < -0.4 is 0 Å². The molecule has 0 radical (unpaired) electrons. The number of carbonyl (C=O) groups is 1. The largest absolute Gasteiger partial charge is 0.378 e. The molecule has 1 saturated heterocycles. The molecule has 1 aliphatic heterocycles. The standard InChI is InChI=1S/C23H21F2N5O2/c1-15-26-19(14-29(15)13-16-5-6-17(24)12-18(16)25)22-27-21(20-4-2-3-7-30(20)22)23(31)28-8-10-32-11-9-28/h2-7,12,14H,8-11,13H2,1H3. The van der Waals surface area contributed by atoms with Gasteiger partial charge in [0.2, 0.25) is 0 Å². The number of carbonyl (C=O) groups excluding carboxylic acids is 1. The van der Waals surface area contributed by atoms with Gasteiger partial charge in [0, 0.05) is 37.1 Å². The Morgan fingerprint density at radius 2 is 1.94 bits per heavy atom. The van der Waals surface area contributed by atoms with Gasteiger partial charge >= 0.3 is 0 Å². The molecule has 164 valence electrons. The zero-order valence-corrected chi connectivity index (χ0v) is 17.5. The zero-order valence-electron chi connectivity index (χ0n) is 17.5. The lowest BCUT2D eigenvalue weighted by molar-refractivity contribution is 0.0301. The summed E-state index contributed by atoms with van der Waals surface area (Å²) >= 11 is 0. The molecular weight excluding hydrogens is 416 g/mol. The Hall–Kier alpha value is -3.59. The van der Waals surface area contributed by atoms with Crippen molar-refractivity contribution in [2.24, 2.45) is 0 Å². The predicted octanol–water partition coefficient (Wildman–Crippen LogP) is 3.31. The zero-order chi connectivity index (χ0) is 22.2. The molecule has 1 amide bonds. The topological polar surface area (TPSA) is 64.7 Å². The number of amides is 1. The van der Waals surface area contributed by atoms with Crippen molar-refractivity contribution in [3.63, 3.8) is 0 Å². The van der Waals surface area contributed by atoms with Crippen LogP contribution in [0.4, 0.5) is 8.78 Å². The van der Waals surface area contributed by atoms with E-state index in [9.17, 15) is 13.6 Å². The maximum Gasteiger partial charge on any atom is 0.274 e. The van der Waals surface area contributed by atoms with Crippen molar-refractivity contribution in [2.45, 2.75) is 13.5 Å². The number of imidazole rings is 2. The molecule has 1 fully saturated rings. The number of hydrogen-bond acceptors (Lipinski definition) is 4. The molecule has 0 atom stereocenters. The summed E-state index contributed by atoms with van der Waals surface area (Å²) in [6, 6.07) is 9.10. The molecule has 0 spiro atoms. The molecule has 3 aromatic heterocycles. The first-order valence-corrected chi connectivity index (χ1v) is 10.3. The first-order chi connectivity index (χ1) is 15.5. The van der Waals surface area contributed by atoms with Gasteiger partial charge in [0.05, 0.1) is 25.3 Å². The van der Waals surface area contributed by atoms with Gasteiger partial charge in [-0.15, -0.1) is 0 Å². The van der Waals surface area contributed by atoms with Gasteiger partial charge in [0.1, 0.15) is 23.2 Å². The summed E-state index contributed by atoms with van der Waals surface area (Å²) in [7, 11) is 0. The lowest BCUT2D eigenvalue weighted by Crippen LogP contribution is -2.40. The first kappa shape index (κ1) is 20.3. The van der Waals surface area contributed by atoms with Gasteiger partial charge in [0.25, 0.3) is 5.91 Å². The highest BCUT2D eigenvalue weighted by atomic mass is 19.1. The number of pyridine rings is 1. The Bertz CT molecular complexity index is 1310. The van der Waals surface area contributed by atoms with E-state index >= 15 is 0 Å². The number of morpholine rings is 1. The molecular formula is C23H21F2N5O2. The van der Waals surface area contributed by atoms with Crippen LogP contribution in [-0.4, -0.2) is 56.0 Å². The van der Waals surface area contributed by atoms with Crippen molar-refractivity contribution < 1.29 is 18.3 Å². The third-order valence-corrected chi connectivity index (χ3v) is 5.61. The summed E-state index contributed by atoms with van der Waals surface area (Å²) < 4.78 is 36.3. The van der Waals surface area contributed by atoms with E-state index in [-0.39, 0.29) is 12.5 Å². The second kappa shape index (κ2) is 8.16. The van der Waals surface area contributed by atoms with Crippen LogP contribution in [0, 0.1) is 18.6 Å². The average molecular weight is 437 g/mol. The van der Waals surface area contributed by atoms with Crippen LogP contribution in [0.3, 0.4) is 0 Å². The Kier molecular flexibility index (Phi) is 5.18. The summed E-state index contributed by atoms with van der Waals surface area (Å²) in [5, 5.41) is 0. The number of fused-ring (bicyclic) bond motifs is 1. The van der Waals surface area contributed by atoms with E-state index in [1.54, 1.807) is 22.6 Å². The molecule has 1 aliphatic rings. The van der Waals surface area contributed by atoms with Crippen LogP contribution in [0.15, 0.2) is 48.8 Å². The molecule has 0 unspecified atom stereocenters. The van der Waals surface area contributed by atoms with Crippen molar-refractivity contribution in [3.8, 4) is 11.5 Å². The Morgan fingerprint density at radius 1 is 1.12 bits per heavy atom. The lowest BCUT2D eigenvalue weighted by atomic mass is 10.2. The SMILES string of the molecule is Cc1nc(-c2nc(C(=O)N3CCOCC3)c3ccccn23)cn1Cc1ccc(F)cc1F. The normalized spacial score (nSPS) is 14.3. The average Bonchev–Trinajstić information content (AvgIpc) is 3.36. The Labute approximate surface area is 182 Å². The minimum Gasteiger partial charge on any atom is -0.378 e. The predicted molar refractivity (Wildman–Crippen MR) is 113 cm³/mol. The van der Waals surface area contributed by atoms with Gasteiger partial charge < -0.3 is 14.2 Å². The van der Waals surface area contributed by atoms with Gasteiger partial charge in [-0.3, -0.25) is 9.20 Å². The van der Waals surface area contributed by atoms with Crippen molar-refractivity contribution >= 4 is 11.4 Å². The molecule has 7 nitrogen and oxygen atoms in total. The Morgan fingerprint density at radius 3 is 2.72 bits per heavy atom. The highest BCUT2D eigenvalue weighted by molar-refractivity contribution is 6.00. The van der Waals surface area contributed by atoms with Gasteiger partial charge in [-0.1, -0.05) is 12.1 Å². The minimum atomic E-state index is -0.615. The first-order valence-electron chi connectivity index (χ1n) is 10.3. The maximum atomic E-state index is 14.1. The number of benzene rings is 1. The van der Waals surface area contributed by atoms with Crippen molar-refractivity contribution in [3.05, 3.63) is 77.5 Å². The Balaban J connectivity index is 1.52. The molecule has 0 bridgehead atoms. The van der Waals surface area contributed by atoms with Gasteiger partial charge in [-0.2, -0.15) is 0 Å². The van der Waals surface area contributed by atoms with Crippen LogP contribution in [0.1, 0.15) is 21.9 Å². The summed E-state index contributed by atoms with van der Waals surface area (Å²) in [5.41, 5.74) is 1.97. The van der Waals surface area contributed by atoms with Gasteiger partial charge in [-0.05, 0) is 25.1 Å². The van der Waals surface area contributed by atoms with E-state index in [2.05, 4.69) is 9.97 Å². The monoisotopic (exact) mass is 437 g/mol. The van der Waals surface area contributed by atoms with Gasteiger partial charge in [-0.25, -0.2) is 18.7 Å². The number of halogens is 2. The molecule has 32 heavy (non-hydrogen) atoms. The fourth-order valence-corrected chi connectivity index (χ4v) is 3.90. The second-order valence-corrected chi connectivity index (χ2v) is 7.68. The fourth-order valence-electron chi connectivity index (χ4n) is 3.90. The van der Waals surface area contributed by atoms with Crippen LogP contribution in [0.2, 0.25) is 0 Å².